The van der Waals surface area contributed by atoms with E-state index in [9.17, 15) is 4.79 Å². The number of anilines is 2. The molecule has 1 saturated heterocycles. The summed E-state index contributed by atoms with van der Waals surface area (Å²) < 4.78 is 0. The Hall–Kier alpha value is -4.09. The molecule has 0 radical (unpaired) electrons. The molecule has 0 aromatic heterocycles. The number of nitrogens with zero attached hydrogens (tertiary/aromatic N) is 4. The van der Waals surface area contributed by atoms with Gasteiger partial charge in [0.05, 0.1) is 24.7 Å². The molecule has 2 amide bonds. The fourth-order valence-electron chi connectivity index (χ4n) is 4.31. The van der Waals surface area contributed by atoms with Crippen LogP contribution in [0.25, 0.3) is 9.69 Å². The van der Waals surface area contributed by atoms with Crippen LogP contribution in [0.3, 0.4) is 0 Å². The molecule has 0 N–H and O–H groups in total. The average molecular weight is 406 g/mol. The van der Waals surface area contributed by atoms with Crippen LogP contribution < -0.4 is 9.80 Å². The highest BCUT2D eigenvalue weighted by Crippen LogP contribution is 2.48. The Morgan fingerprint density at radius 2 is 1.45 bits per heavy atom. The zero-order valence-corrected chi connectivity index (χ0v) is 17.7. The van der Waals surface area contributed by atoms with Crippen molar-refractivity contribution < 1.29 is 4.79 Å². The van der Waals surface area contributed by atoms with Crippen molar-refractivity contribution in [1.29, 1.82) is 0 Å². The molecule has 0 spiro atoms. The van der Waals surface area contributed by atoms with Gasteiger partial charge in [-0.1, -0.05) is 54.1 Å². The van der Waals surface area contributed by atoms with Gasteiger partial charge in [0.15, 0.2) is 11.4 Å². The number of benzene rings is 3. The number of aryl methyl sites for hydroxylation is 1. The summed E-state index contributed by atoms with van der Waals surface area (Å²) in [5.41, 5.74) is 4.04. The number of urea groups is 1. The van der Waals surface area contributed by atoms with Crippen LogP contribution in [0.2, 0.25) is 0 Å². The third-order valence-electron chi connectivity index (χ3n) is 5.77. The zero-order chi connectivity index (χ0) is 22.2. The van der Waals surface area contributed by atoms with E-state index in [0.717, 1.165) is 22.5 Å². The first-order chi connectivity index (χ1) is 14.9. The van der Waals surface area contributed by atoms with E-state index in [4.69, 9.17) is 13.1 Å². The molecule has 0 bridgehead atoms. The van der Waals surface area contributed by atoms with Crippen LogP contribution in [0.15, 0.2) is 72.8 Å². The van der Waals surface area contributed by atoms with Gasteiger partial charge in [0.1, 0.15) is 0 Å². The molecule has 1 fully saturated rings. The zero-order valence-electron chi connectivity index (χ0n) is 17.7. The van der Waals surface area contributed by atoms with Crippen molar-refractivity contribution in [3.05, 3.63) is 107 Å². The summed E-state index contributed by atoms with van der Waals surface area (Å²) in [7, 11) is 0. The molecule has 31 heavy (non-hydrogen) atoms. The lowest BCUT2D eigenvalue weighted by atomic mass is 9.87. The lowest BCUT2D eigenvalue weighted by Crippen LogP contribution is -2.43. The van der Waals surface area contributed by atoms with E-state index in [1.807, 2.05) is 80.3 Å². The van der Waals surface area contributed by atoms with Crippen molar-refractivity contribution in [3.63, 3.8) is 0 Å². The van der Waals surface area contributed by atoms with Crippen LogP contribution >= 0.6 is 0 Å². The van der Waals surface area contributed by atoms with Gasteiger partial charge in [0.2, 0.25) is 0 Å². The summed E-state index contributed by atoms with van der Waals surface area (Å²) in [4.78, 5) is 24.5. The minimum atomic E-state index is -0.592. The average Bonchev–Trinajstić information content (AvgIpc) is 2.99. The Morgan fingerprint density at radius 3 is 2.06 bits per heavy atom. The maximum absolute atomic E-state index is 13.8. The number of hydrogen-bond donors (Lipinski definition) is 0. The first-order valence-electron chi connectivity index (χ1n) is 10.0. The van der Waals surface area contributed by atoms with Gasteiger partial charge in [0, 0.05) is 11.4 Å². The summed E-state index contributed by atoms with van der Waals surface area (Å²) in [5, 5.41) is 0. The lowest BCUT2D eigenvalue weighted by molar-refractivity contribution is 0.254. The second-order valence-corrected chi connectivity index (χ2v) is 8.21. The van der Waals surface area contributed by atoms with E-state index in [1.54, 1.807) is 23.1 Å². The molecule has 1 aliphatic rings. The van der Waals surface area contributed by atoms with E-state index in [0.29, 0.717) is 11.4 Å². The molecule has 0 aliphatic carbocycles. The summed E-state index contributed by atoms with van der Waals surface area (Å²) in [6.07, 6.45) is 0. The van der Waals surface area contributed by atoms with Gasteiger partial charge in [-0.15, -0.1) is 0 Å². The Balaban J connectivity index is 1.90. The van der Waals surface area contributed by atoms with Gasteiger partial charge in [0.25, 0.3) is 0 Å². The quantitative estimate of drug-likeness (QED) is 0.428. The van der Waals surface area contributed by atoms with Crippen LogP contribution in [-0.2, 0) is 0 Å². The number of carbonyl (C=O) groups is 1. The van der Waals surface area contributed by atoms with Crippen molar-refractivity contribution in [2.24, 2.45) is 0 Å². The maximum Gasteiger partial charge on any atom is 0.330 e. The molecule has 3 aromatic carbocycles. The Bertz CT molecular complexity index is 1210. The molecule has 152 valence electrons. The van der Waals surface area contributed by atoms with E-state index < -0.39 is 5.54 Å². The highest BCUT2D eigenvalue weighted by atomic mass is 16.2. The molecule has 0 saturated carbocycles. The minimum absolute atomic E-state index is 0.136. The molecule has 5 nitrogen and oxygen atoms in total. The minimum Gasteiger partial charge on any atom is -0.286 e. The Morgan fingerprint density at radius 1 is 0.839 bits per heavy atom. The molecule has 3 aromatic rings. The van der Waals surface area contributed by atoms with E-state index in [1.165, 1.54) is 0 Å². The van der Waals surface area contributed by atoms with Gasteiger partial charge in [-0.2, -0.15) is 0 Å². The Labute approximate surface area is 182 Å². The van der Waals surface area contributed by atoms with Crippen LogP contribution in [0, 0.1) is 20.1 Å². The van der Waals surface area contributed by atoms with Crippen molar-refractivity contribution in [2.45, 2.75) is 32.4 Å². The lowest BCUT2D eigenvalue weighted by Gasteiger charge is -2.35. The summed E-state index contributed by atoms with van der Waals surface area (Å²) >= 11 is 0. The maximum atomic E-state index is 13.8. The molecule has 1 atom stereocenters. The second-order valence-electron chi connectivity index (χ2n) is 8.21. The molecular formula is C26H22N4O. The van der Waals surface area contributed by atoms with Gasteiger partial charge >= 0.3 is 6.03 Å². The summed E-state index contributed by atoms with van der Waals surface area (Å²) in [6.45, 7) is 20.7. The normalized spacial score (nSPS) is 17.3. The largest absolute Gasteiger partial charge is 0.330 e. The van der Waals surface area contributed by atoms with Gasteiger partial charge < -0.3 is 0 Å². The van der Waals surface area contributed by atoms with Crippen LogP contribution in [-0.4, -0.2) is 11.6 Å². The van der Waals surface area contributed by atoms with Gasteiger partial charge in [-0.3, -0.25) is 9.80 Å². The number of rotatable bonds is 3. The number of amides is 2. The first-order valence-corrected chi connectivity index (χ1v) is 10.0. The van der Waals surface area contributed by atoms with Crippen molar-refractivity contribution in [1.82, 2.24) is 0 Å². The van der Waals surface area contributed by atoms with E-state index in [-0.39, 0.29) is 12.1 Å². The molecule has 0 unspecified atom stereocenters. The second kappa shape index (κ2) is 7.63. The summed E-state index contributed by atoms with van der Waals surface area (Å²) in [5.74, 6) is 0. The predicted octanol–water partition coefficient (Wildman–Crippen LogP) is 7.06. The smallest absolute Gasteiger partial charge is 0.286 e. The number of carbonyl (C=O) groups excluding carboxylic acids is 1. The molecule has 5 heteroatoms. The van der Waals surface area contributed by atoms with Gasteiger partial charge in [-0.25, -0.2) is 14.5 Å². The molecule has 1 heterocycles. The number of hydrogen-bond acceptors (Lipinski definition) is 1. The highest BCUT2D eigenvalue weighted by Gasteiger charge is 2.53. The van der Waals surface area contributed by atoms with Crippen LogP contribution in [0.5, 0.6) is 0 Å². The first kappa shape index (κ1) is 20.2. The Kier molecular flexibility index (Phi) is 4.97. The van der Waals surface area contributed by atoms with Crippen molar-refractivity contribution in [2.75, 3.05) is 9.80 Å². The van der Waals surface area contributed by atoms with Crippen LogP contribution in [0.4, 0.5) is 27.5 Å². The summed E-state index contributed by atoms with van der Waals surface area (Å²) in [6, 6.07) is 22.0. The third kappa shape index (κ3) is 3.41. The van der Waals surface area contributed by atoms with Crippen molar-refractivity contribution >= 4 is 28.8 Å². The topological polar surface area (TPSA) is 32.3 Å². The predicted molar refractivity (Wildman–Crippen MR) is 124 cm³/mol. The monoisotopic (exact) mass is 406 g/mol. The SMILES string of the molecule is [C-]#[N+]c1ccc(N2C(=O)N(c3ccc(C)cc3)C(C)(C)[C@H]2c2cccc([N+]#[C-])c2)cc1. The van der Waals surface area contributed by atoms with E-state index in [2.05, 4.69) is 9.69 Å². The van der Waals surface area contributed by atoms with Gasteiger partial charge in [-0.05, 0) is 50.6 Å². The van der Waals surface area contributed by atoms with Crippen LogP contribution in [0.1, 0.15) is 31.0 Å². The fourth-order valence-corrected chi connectivity index (χ4v) is 4.31. The highest BCUT2D eigenvalue weighted by molar-refractivity contribution is 6.08. The van der Waals surface area contributed by atoms with E-state index >= 15 is 0 Å². The molecular weight excluding hydrogens is 384 g/mol. The van der Waals surface area contributed by atoms with Crippen molar-refractivity contribution in [3.8, 4) is 0 Å². The molecule has 4 rings (SSSR count). The molecule has 1 aliphatic heterocycles. The fraction of sp³-hybridized carbons (Fsp3) is 0.192. The third-order valence-corrected chi connectivity index (χ3v) is 5.77. The standard InChI is InChI=1S/C26H22N4O/c1-18-9-13-23(14-10-18)30-25(31)29(22-15-11-20(27-4)12-16-22)24(26(30,2)3)19-7-6-8-21(17-19)28-5/h6-17,24H,1-3H3/t24-/m1/s1.